The molecule has 2 N–H and O–H groups in total. The Hall–Kier alpha value is -5.63. The quantitative estimate of drug-likeness (QED) is 0.131. The Morgan fingerprint density at radius 3 is 1.59 bits per heavy atom. The van der Waals surface area contributed by atoms with E-state index in [0.717, 1.165) is 60.7 Å². The van der Waals surface area contributed by atoms with Crippen molar-refractivity contribution < 1.29 is 34.7 Å². The van der Waals surface area contributed by atoms with E-state index in [0.29, 0.717) is 6.42 Å². The number of pyridine rings is 2. The molecule has 0 aliphatic heterocycles. The van der Waals surface area contributed by atoms with Crippen LogP contribution in [0.25, 0.3) is 77.4 Å². The molecular formula is C53H53IrN4O3-. The van der Waals surface area contributed by atoms with Gasteiger partial charge in [0.1, 0.15) is 23.0 Å². The fourth-order valence-electron chi connectivity index (χ4n) is 7.22. The monoisotopic (exact) mass is 986 g/mol. The summed E-state index contributed by atoms with van der Waals surface area (Å²) in [5.74, 6) is 0. The van der Waals surface area contributed by atoms with Gasteiger partial charge in [-0.1, -0.05) is 140 Å². The molecule has 0 amide bonds. The smallest absolute Gasteiger partial charge is 0.138 e. The summed E-state index contributed by atoms with van der Waals surface area (Å²) in [5.41, 5.74) is 12.8. The number of benzene rings is 5. The SMILES string of the molecule is CC(C)(C)C(O)CC(O)C(C)(C)C.Cc1[c-]c(-c2ncnc3c2oc2ccccc23)cc(C)c1.[Ir].c1ccc(-c2ccnc3c2ccc2c(-c4ccccc4)ccnc23)cc1. The molecule has 4 aromatic heterocycles. The van der Waals surface area contributed by atoms with Gasteiger partial charge in [0.05, 0.1) is 23.2 Å². The largest absolute Gasteiger partial charge is 0.462 e. The van der Waals surface area contributed by atoms with Crippen LogP contribution in [0.2, 0.25) is 0 Å². The molecule has 2 unspecified atom stereocenters. The second kappa shape index (κ2) is 19.0. The Bertz CT molecular complexity index is 2750. The number of aromatic nitrogens is 4. The molecule has 0 saturated heterocycles. The van der Waals surface area contributed by atoms with Gasteiger partial charge < -0.3 is 14.6 Å². The van der Waals surface area contributed by atoms with E-state index >= 15 is 0 Å². The van der Waals surface area contributed by atoms with Crippen molar-refractivity contribution in [2.24, 2.45) is 10.8 Å². The molecule has 7 nitrogen and oxygen atoms in total. The molecule has 0 spiro atoms. The summed E-state index contributed by atoms with van der Waals surface area (Å²) in [5, 5.41) is 22.8. The first-order valence-electron chi connectivity index (χ1n) is 20.5. The van der Waals surface area contributed by atoms with Crippen molar-refractivity contribution in [3.63, 3.8) is 0 Å². The van der Waals surface area contributed by atoms with Crippen LogP contribution in [0, 0.1) is 30.7 Å². The third kappa shape index (κ3) is 10.3. The first-order chi connectivity index (χ1) is 28.7. The van der Waals surface area contributed by atoms with Gasteiger partial charge in [-0.2, -0.15) is 0 Å². The number of furan rings is 1. The van der Waals surface area contributed by atoms with Gasteiger partial charge in [0.25, 0.3) is 0 Å². The summed E-state index contributed by atoms with van der Waals surface area (Å²) in [6.07, 6.45) is 4.91. The van der Waals surface area contributed by atoms with Crippen molar-refractivity contribution in [3.05, 3.63) is 157 Å². The number of aliphatic hydroxyl groups excluding tert-OH is 2. The van der Waals surface area contributed by atoms with Crippen LogP contribution in [0.1, 0.15) is 59.1 Å². The van der Waals surface area contributed by atoms with E-state index in [1.165, 1.54) is 27.8 Å². The molecular weight excluding hydrogens is 933 g/mol. The summed E-state index contributed by atoms with van der Waals surface area (Å²) in [6.45, 7) is 16.0. The van der Waals surface area contributed by atoms with Crippen molar-refractivity contribution in [1.82, 2.24) is 19.9 Å². The van der Waals surface area contributed by atoms with E-state index in [1.54, 1.807) is 6.33 Å². The average molecular weight is 986 g/mol. The molecule has 4 heterocycles. The van der Waals surface area contributed by atoms with Crippen LogP contribution in [0.15, 0.2) is 144 Å². The van der Waals surface area contributed by atoms with Gasteiger partial charge in [0.15, 0.2) is 0 Å². The van der Waals surface area contributed by atoms with Gasteiger partial charge in [0, 0.05) is 60.8 Å². The first kappa shape index (κ1) is 44.9. The summed E-state index contributed by atoms with van der Waals surface area (Å²) >= 11 is 0. The number of aryl methyl sites for hydroxylation is 2. The summed E-state index contributed by atoms with van der Waals surface area (Å²) in [6, 6.07) is 44.8. The maximum Gasteiger partial charge on any atom is 0.138 e. The second-order valence-electron chi connectivity index (χ2n) is 17.6. The molecule has 2 atom stereocenters. The second-order valence-corrected chi connectivity index (χ2v) is 17.6. The van der Waals surface area contributed by atoms with Crippen molar-refractivity contribution in [1.29, 1.82) is 0 Å². The van der Waals surface area contributed by atoms with Crippen LogP contribution in [0.5, 0.6) is 0 Å². The Balaban J connectivity index is 0.000000161. The van der Waals surface area contributed by atoms with E-state index < -0.39 is 12.2 Å². The van der Waals surface area contributed by atoms with Gasteiger partial charge in [0.2, 0.25) is 0 Å². The number of hydrogen-bond acceptors (Lipinski definition) is 7. The number of hydrogen-bond donors (Lipinski definition) is 2. The predicted octanol–water partition coefficient (Wildman–Crippen LogP) is 12.8. The maximum absolute atomic E-state index is 9.76. The van der Waals surface area contributed by atoms with Crippen LogP contribution in [-0.2, 0) is 20.1 Å². The zero-order valence-corrected chi connectivity index (χ0v) is 38.5. The first-order valence-corrected chi connectivity index (χ1v) is 20.5. The fourth-order valence-corrected chi connectivity index (χ4v) is 7.22. The number of aliphatic hydroxyl groups is 2. The van der Waals surface area contributed by atoms with Gasteiger partial charge in [-0.15, -0.1) is 34.9 Å². The number of fused-ring (bicyclic) bond motifs is 6. The topological polar surface area (TPSA) is 105 Å². The third-order valence-electron chi connectivity index (χ3n) is 10.8. The summed E-state index contributed by atoms with van der Waals surface area (Å²) < 4.78 is 5.97. The average Bonchev–Trinajstić information content (AvgIpc) is 3.62. The minimum absolute atomic E-state index is 0. The molecule has 8 heteroatoms. The number of para-hydroxylation sites is 1. The molecule has 0 bridgehead atoms. The predicted molar refractivity (Wildman–Crippen MR) is 247 cm³/mol. The van der Waals surface area contributed by atoms with Crippen LogP contribution >= 0.6 is 0 Å². The zero-order valence-electron chi connectivity index (χ0n) is 36.1. The van der Waals surface area contributed by atoms with Crippen LogP contribution < -0.4 is 0 Å². The summed E-state index contributed by atoms with van der Waals surface area (Å²) in [4.78, 5) is 18.1. The van der Waals surface area contributed by atoms with Gasteiger partial charge in [-0.3, -0.25) is 15.0 Å². The molecule has 61 heavy (non-hydrogen) atoms. The van der Waals surface area contributed by atoms with E-state index in [1.807, 2.05) is 97.3 Å². The van der Waals surface area contributed by atoms with Crippen molar-refractivity contribution in [3.8, 4) is 33.5 Å². The molecule has 9 aromatic rings. The van der Waals surface area contributed by atoms with E-state index in [9.17, 15) is 10.2 Å². The van der Waals surface area contributed by atoms with E-state index in [4.69, 9.17) is 4.42 Å². The molecule has 5 aromatic carbocycles. The van der Waals surface area contributed by atoms with E-state index in [-0.39, 0.29) is 30.9 Å². The standard InChI is InChI=1S/C24H16N2.C18H13N2O.C11H24O2.Ir/c1-3-7-17(8-4-1)19-13-15-25-23-21(19)11-12-22-20(14-16-26-24(22)23)18-9-5-2-6-10-18;1-11-7-12(2)9-13(8-11)16-18-17(20-10-19-16)14-5-3-4-6-15(14)21-18;1-10(2,3)8(12)7-9(13)11(4,5)6;/h1-16H;3-8,10H,1-2H3;8-9,12-13H,7H2,1-6H3;/q;-1;;. The molecule has 0 aliphatic carbocycles. The Labute approximate surface area is 372 Å². The van der Waals surface area contributed by atoms with Crippen LogP contribution in [0.4, 0.5) is 0 Å². The molecule has 313 valence electrons. The van der Waals surface area contributed by atoms with E-state index in [2.05, 4.69) is 118 Å². The normalized spacial score (nSPS) is 12.6. The molecule has 1 radical (unpaired) electrons. The van der Waals surface area contributed by atoms with Crippen molar-refractivity contribution in [2.75, 3.05) is 0 Å². The van der Waals surface area contributed by atoms with Crippen molar-refractivity contribution in [2.45, 2.75) is 74.0 Å². The summed E-state index contributed by atoms with van der Waals surface area (Å²) in [7, 11) is 0. The Kier molecular flexibility index (Phi) is 14.0. The maximum atomic E-state index is 9.76. The minimum Gasteiger partial charge on any atom is -0.462 e. The van der Waals surface area contributed by atoms with Gasteiger partial charge in [-0.05, 0) is 57.3 Å². The van der Waals surface area contributed by atoms with Crippen LogP contribution in [0.3, 0.4) is 0 Å². The minimum atomic E-state index is -0.443. The van der Waals surface area contributed by atoms with Gasteiger partial charge >= 0.3 is 0 Å². The van der Waals surface area contributed by atoms with Gasteiger partial charge in [-0.25, -0.2) is 4.98 Å². The molecule has 0 saturated carbocycles. The Morgan fingerprint density at radius 2 is 1.08 bits per heavy atom. The molecule has 0 aliphatic rings. The fraction of sp³-hybridized carbons (Fsp3) is 0.245. The third-order valence-corrected chi connectivity index (χ3v) is 10.8. The molecule has 9 rings (SSSR count). The number of rotatable bonds is 5. The van der Waals surface area contributed by atoms with Crippen molar-refractivity contribution >= 4 is 43.9 Å². The molecule has 0 fully saturated rings. The number of nitrogens with zero attached hydrogens (tertiary/aromatic N) is 4. The zero-order chi connectivity index (χ0) is 42.6. The van der Waals surface area contributed by atoms with Crippen LogP contribution in [-0.4, -0.2) is 42.4 Å². The Morgan fingerprint density at radius 1 is 0.574 bits per heavy atom.